The summed E-state index contributed by atoms with van der Waals surface area (Å²) in [6.07, 6.45) is 2.12. The van der Waals surface area contributed by atoms with Crippen LogP contribution in [0.4, 0.5) is 4.39 Å². The van der Waals surface area contributed by atoms with Crippen LogP contribution in [0.2, 0.25) is 0 Å². The molecule has 3 rings (SSSR count). The van der Waals surface area contributed by atoms with Crippen molar-refractivity contribution in [1.29, 1.82) is 0 Å². The van der Waals surface area contributed by atoms with Crippen LogP contribution in [0.1, 0.15) is 34.6 Å². The molecule has 1 aromatic carbocycles. The molecule has 0 unspecified atom stereocenters. The van der Waals surface area contributed by atoms with Crippen LogP contribution < -0.4 is 5.73 Å². The summed E-state index contributed by atoms with van der Waals surface area (Å²) in [5.74, 6) is -2.02. The third-order valence-electron chi connectivity index (χ3n) is 4.55. The zero-order valence-electron chi connectivity index (χ0n) is 15.3. The van der Waals surface area contributed by atoms with Gasteiger partial charge in [0.15, 0.2) is 6.61 Å². The molecule has 148 valence electrons. The number of likely N-dealkylation sites (tertiary alicyclic amines) is 1. The molecular weight excluding hydrogens is 385 g/mol. The average Bonchev–Trinajstić information content (AvgIpc) is 3.08. The Labute approximate surface area is 165 Å². The van der Waals surface area contributed by atoms with Crippen molar-refractivity contribution in [1.82, 2.24) is 9.88 Å². The normalized spacial score (nSPS) is 16.6. The van der Waals surface area contributed by atoms with Crippen LogP contribution in [-0.4, -0.2) is 46.9 Å². The smallest absolute Gasteiger partial charge is 0.350 e. The molecule has 1 aliphatic rings. The number of thiazole rings is 1. The number of hydrogen-bond donors (Lipinski definition) is 1. The predicted molar refractivity (Wildman–Crippen MR) is 101 cm³/mol. The summed E-state index contributed by atoms with van der Waals surface area (Å²) >= 11 is 1.11. The van der Waals surface area contributed by atoms with Crippen molar-refractivity contribution in [2.24, 2.45) is 5.73 Å². The molecule has 1 aliphatic heterocycles. The number of nitrogens with two attached hydrogens (primary N) is 1. The summed E-state index contributed by atoms with van der Waals surface area (Å²) in [4.78, 5) is 42.3. The first kappa shape index (κ1) is 19.9. The third-order valence-corrected chi connectivity index (χ3v) is 5.74. The van der Waals surface area contributed by atoms with E-state index in [4.69, 9.17) is 10.5 Å². The Hall–Kier alpha value is -2.81. The van der Waals surface area contributed by atoms with Gasteiger partial charge in [-0.2, -0.15) is 0 Å². The molecule has 1 aromatic heterocycles. The SMILES string of the molecule is Cc1nc(-c2ccc(F)cc2)sc1C(=O)OCC(=O)N1CCCC[C@@H]1C(N)=O. The Balaban J connectivity index is 1.65. The third kappa shape index (κ3) is 4.36. The Kier molecular flexibility index (Phi) is 6.03. The zero-order chi connectivity index (χ0) is 20.3. The first-order chi connectivity index (χ1) is 13.4. The van der Waals surface area contributed by atoms with Crippen LogP contribution in [0.5, 0.6) is 0 Å². The van der Waals surface area contributed by atoms with Crippen molar-refractivity contribution in [2.45, 2.75) is 32.2 Å². The Morgan fingerprint density at radius 3 is 2.68 bits per heavy atom. The number of piperidine rings is 1. The second kappa shape index (κ2) is 8.47. The summed E-state index contributed by atoms with van der Waals surface area (Å²) in [5, 5.41) is 0.556. The van der Waals surface area contributed by atoms with Gasteiger partial charge in [-0.1, -0.05) is 0 Å². The van der Waals surface area contributed by atoms with E-state index >= 15 is 0 Å². The fourth-order valence-electron chi connectivity index (χ4n) is 3.10. The van der Waals surface area contributed by atoms with E-state index in [-0.39, 0.29) is 10.7 Å². The van der Waals surface area contributed by atoms with Crippen LogP contribution in [-0.2, 0) is 14.3 Å². The van der Waals surface area contributed by atoms with Gasteiger partial charge in [-0.25, -0.2) is 14.2 Å². The molecule has 0 aliphatic carbocycles. The van der Waals surface area contributed by atoms with Crippen LogP contribution >= 0.6 is 11.3 Å². The number of aromatic nitrogens is 1. The Morgan fingerprint density at radius 1 is 1.29 bits per heavy atom. The molecule has 28 heavy (non-hydrogen) atoms. The Bertz CT molecular complexity index is 897. The average molecular weight is 405 g/mol. The highest BCUT2D eigenvalue weighted by Crippen LogP contribution is 2.28. The Morgan fingerprint density at radius 2 is 2.00 bits per heavy atom. The maximum atomic E-state index is 13.1. The molecule has 7 nitrogen and oxygen atoms in total. The zero-order valence-corrected chi connectivity index (χ0v) is 16.1. The van der Waals surface area contributed by atoms with Gasteiger partial charge in [0.2, 0.25) is 5.91 Å². The van der Waals surface area contributed by atoms with Gasteiger partial charge in [-0.05, 0) is 50.5 Å². The highest BCUT2D eigenvalue weighted by atomic mass is 32.1. The van der Waals surface area contributed by atoms with Gasteiger partial charge in [-0.15, -0.1) is 11.3 Å². The van der Waals surface area contributed by atoms with E-state index in [0.29, 0.717) is 29.2 Å². The van der Waals surface area contributed by atoms with E-state index < -0.39 is 30.4 Å². The molecule has 0 bridgehead atoms. The predicted octanol–water partition coefficient (Wildman–Crippen LogP) is 2.28. The molecule has 1 atom stereocenters. The number of carbonyl (C=O) groups excluding carboxylic acids is 3. The maximum absolute atomic E-state index is 13.1. The van der Waals surface area contributed by atoms with Gasteiger partial charge in [0.1, 0.15) is 21.7 Å². The highest BCUT2D eigenvalue weighted by Gasteiger charge is 2.31. The van der Waals surface area contributed by atoms with E-state index in [0.717, 1.165) is 24.2 Å². The fourth-order valence-corrected chi connectivity index (χ4v) is 4.07. The molecule has 1 saturated heterocycles. The number of rotatable bonds is 5. The molecule has 2 aromatic rings. The lowest BCUT2D eigenvalue weighted by Crippen LogP contribution is -2.51. The number of benzene rings is 1. The van der Waals surface area contributed by atoms with Gasteiger partial charge in [0.25, 0.3) is 5.91 Å². The maximum Gasteiger partial charge on any atom is 0.350 e. The van der Waals surface area contributed by atoms with E-state index in [1.165, 1.54) is 17.0 Å². The summed E-state index contributed by atoms with van der Waals surface area (Å²) in [7, 11) is 0. The molecule has 0 radical (unpaired) electrons. The molecule has 2 N–H and O–H groups in total. The molecule has 2 amide bonds. The van der Waals surface area contributed by atoms with Gasteiger partial charge >= 0.3 is 5.97 Å². The summed E-state index contributed by atoms with van der Waals surface area (Å²) < 4.78 is 18.2. The van der Waals surface area contributed by atoms with Crippen LogP contribution in [0.3, 0.4) is 0 Å². The number of nitrogens with zero attached hydrogens (tertiary/aromatic N) is 2. The number of primary amides is 1. The van der Waals surface area contributed by atoms with Crippen molar-refractivity contribution in [3.8, 4) is 10.6 Å². The summed E-state index contributed by atoms with van der Waals surface area (Å²) in [6.45, 7) is 1.61. The lowest BCUT2D eigenvalue weighted by Gasteiger charge is -2.33. The quantitative estimate of drug-likeness (QED) is 0.769. The van der Waals surface area contributed by atoms with Crippen molar-refractivity contribution >= 4 is 29.1 Å². The number of aryl methyl sites for hydroxylation is 1. The molecule has 1 fully saturated rings. The van der Waals surface area contributed by atoms with Crippen LogP contribution in [0, 0.1) is 12.7 Å². The minimum atomic E-state index is -0.663. The van der Waals surface area contributed by atoms with E-state index in [1.807, 2.05) is 0 Å². The molecule has 0 spiro atoms. The highest BCUT2D eigenvalue weighted by molar-refractivity contribution is 7.17. The number of ether oxygens (including phenoxy) is 1. The number of esters is 1. The van der Waals surface area contributed by atoms with Gasteiger partial charge in [0.05, 0.1) is 5.69 Å². The lowest BCUT2D eigenvalue weighted by atomic mass is 10.0. The molecular formula is C19H20FN3O4S. The first-order valence-electron chi connectivity index (χ1n) is 8.86. The van der Waals surface area contributed by atoms with Crippen molar-refractivity contribution in [3.05, 3.63) is 40.7 Å². The number of carbonyl (C=O) groups is 3. The monoisotopic (exact) mass is 405 g/mol. The van der Waals surface area contributed by atoms with E-state index in [9.17, 15) is 18.8 Å². The molecule has 0 saturated carbocycles. The van der Waals surface area contributed by atoms with E-state index in [2.05, 4.69) is 4.98 Å². The second-order valence-electron chi connectivity index (χ2n) is 6.52. The summed E-state index contributed by atoms with van der Waals surface area (Å²) in [5.41, 5.74) is 6.51. The molecule has 9 heteroatoms. The number of amides is 2. The second-order valence-corrected chi connectivity index (χ2v) is 7.52. The van der Waals surface area contributed by atoms with Crippen LogP contribution in [0.15, 0.2) is 24.3 Å². The minimum Gasteiger partial charge on any atom is -0.451 e. The van der Waals surface area contributed by atoms with Crippen molar-refractivity contribution in [3.63, 3.8) is 0 Å². The lowest BCUT2D eigenvalue weighted by molar-refractivity contribution is -0.143. The van der Waals surface area contributed by atoms with E-state index in [1.54, 1.807) is 19.1 Å². The van der Waals surface area contributed by atoms with Gasteiger partial charge in [0, 0.05) is 12.1 Å². The van der Waals surface area contributed by atoms with Gasteiger partial charge < -0.3 is 15.4 Å². The standard InChI is InChI=1S/C19H20FN3O4S/c1-11-16(28-18(22-11)12-5-7-13(20)8-6-12)19(26)27-10-15(24)23-9-3-2-4-14(23)17(21)25/h5-8,14H,2-4,9-10H2,1H3,(H2,21,25)/t14-/m1/s1. The number of hydrogen-bond acceptors (Lipinski definition) is 6. The number of halogens is 1. The fraction of sp³-hybridized carbons (Fsp3) is 0.368. The van der Waals surface area contributed by atoms with Crippen LogP contribution in [0.25, 0.3) is 10.6 Å². The van der Waals surface area contributed by atoms with Gasteiger partial charge in [-0.3, -0.25) is 9.59 Å². The topological polar surface area (TPSA) is 103 Å². The van der Waals surface area contributed by atoms with Crippen molar-refractivity contribution in [2.75, 3.05) is 13.2 Å². The summed E-state index contributed by atoms with van der Waals surface area (Å²) in [6, 6.07) is 5.13. The largest absolute Gasteiger partial charge is 0.451 e. The minimum absolute atomic E-state index is 0.275. The van der Waals surface area contributed by atoms with Crippen molar-refractivity contribution < 1.29 is 23.5 Å². The molecule has 2 heterocycles. The first-order valence-corrected chi connectivity index (χ1v) is 9.67.